The van der Waals surface area contributed by atoms with Crippen molar-refractivity contribution in [2.45, 2.75) is 11.4 Å². The van der Waals surface area contributed by atoms with E-state index in [-0.39, 0.29) is 35.3 Å². The first-order valence-corrected chi connectivity index (χ1v) is 10.7. The quantitative estimate of drug-likeness (QED) is 0.334. The number of halogens is 1. The Morgan fingerprint density at radius 2 is 2.18 bits per heavy atom. The molecule has 4 rings (SSSR count). The number of rotatable bonds is 8. The third kappa shape index (κ3) is 4.42. The van der Waals surface area contributed by atoms with Crippen molar-refractivity contribution < 1.29 is 37.9 Å². The first-order chi connectivity index (χ1) is 15.9. The van der Waals surface area contributed by atoms with Gasteiger partial charge in [0.2, 0.25) is 5.71 Å². The van der Waals surface area contributed by atoms with Crippen molar-refractivity contribution in [3.05, 3.63) is 65.5 Å². The van der Waals surface area contributed by atoms with Gasteiger partial charge in [-0.25, -0.2) is 9.18 Å². The molecule has 12 heteroatoms. The highest BCUT2D eigenvalue weighted by Gasteiger charge is 2.54. The summed E-state index contributed by atoms with van der Waals surface area (Å²) in [5.41, 5.74) is -0.00133. The Hall–Kier alpha value is -3.80. The Morgan fingerprint density at radius 1 is 1.36 bits per heavy atom. The molecule has 1 fully saturated rings. The Kier molecular flexibility index (Phi) is 6.36. The van der Waals surface area contributed by atoms with Crippen LogP contribution in [0.4, 0.5) is 4.39 Å². The zero-order valence-electron chi connectivity index (χ0n) is 17.2. The van der Waals surface area contributed by atoms with Gasteiger partial charge < -0.3 is 24.4 Å². The maximum Gasteiger partial charge on any atom is 0.352 e. The van der Waals surface area contributed by atoms with Gasteiger partial charge in [-0.1, -0.05) is 11.2 Å². The topological polar surface area (TPSA) is 131 Å². The number of amides is 2. The second-order valence-corrected chi connectivity index (χ2v) is 8.07. The van der Waals surface area contributed by atoms with Gasteiger partial charge in [-0.3, -0.25) is 14.5 Å². The summed E-state index contributed by atoms with van der Waals surface area (Å²) in [5, 5.41) is 15.3. The average Bonchev–Trinajstić information content (AvgIpc) is 3.33. The summed E-state index contributed by atoms with van der Waals surface area (Å²) < 4.78 is 24.0. The SMILES string of the molecule is CO/N=C(\C(=O)NC1C(=O)N2C(C(=O)O)=C(COc3cccc(F)c3)CS[C@H]12)c1ccco1. The van der Waals surface area contributed by atoms with Crippen molar-refractivity contribution in [1.29, 1.82) is 0 Å². The van der Waals surface area contributed by atoms with E-state index in [0.29, 0.717) is 5.57 Å². The largest absolute Gasteiger partial charge is 0.489 e. The van der Waals surface area contributed by atoms with Gasteiger partial charge in [0.15, 0.2) is 5.76 Å². The normalized spacial score (nSPS) is 20.1. The number of furan rings is 1. The van der Waals surface area contributed by atoms with Crippen LogP contribution >= 0.6 is 11.8 Å². The number of fused-ring (bicyclic) bond motifs is 1. The molecule has 172 valence electrons. The molecule has 2 aliphatic rings. The minimum absolute atomic E-state index is 0.130. The lowest BCUT2D eigenvalue weighted by atomic mass is 10.0. The molecule has 1 unspecified atom stereocenters. The number of benzene rings is 1. The minimum Gasteiger partial charge on any atom is -0.489 e. The molecule has 2 atom stereocenters. The van der Waals surface area contributed by atoms with Crippen LogP contribution in [0.3, 0.4) is 0 Å². The lowest BCUT2D eigenvalue weighted by Gasteiger charge is -2.49. The van der Waals surface area contributed by atoms with E-state index in [9.17, 15) is 23.9 Å². The number of oxime groups is 1. The molecule has 3 heterocycles. The minimum atomic E-state index is -1.30. The van der Waals surface area contributed by atoms with Gasteiger partial charge >= 0.3 is 5.97 Å². The number of carboxylic acid groups (broad SMARTS) is 1. The summed E-state index contributed by atoms with van der Waals surface area (Å²) in [6.07, 6.45) is 1.36. The van der Waals surface area contributed by atoms with Gasteiger partial charge in [0.1, 0.15) is 42.4 Å². The van der Waals surface area contributed by atoms with Crippen LogP contribution in [0, 0.1) is 5.82 Å². The molecule has 10 nitrogen and oxygen atoms in total. The van der Waals surface area contributed by atoms with Gasteiger partial charge in [0.25, 0.3) is 11.8 Å². The molecule has 2 N–H and O–H groups in total. The maximum absolute atomic E-state index is 13.4. The van der Waals surface area contributed by atoms with Crippen LogP contribution < -0.4 is 10.1 Å². The van der Waals surface area contributed by atoms with Crippen molar-refractivity contribution >= 4 is 35.3 Å². The number of hydrogen-bond donors (Lipinski definition) is 2. The van der Waals surface area contributed by atoms with Gasteiger partial charge in [-0.05, 0) is 24.3 Å². The lowest BCUT2D eigenvalue weighted by Crippen LogP contribution is -2.71. The van der Waals surface area contributed by atoms with Crippen molar-refractivity contribution in [2.24, 2.45) is 5.16 Å². The molecule has 0 aliphatic carbocycles. The lowest BCUT2D eigenvalue weighted by molar-refractivity contribution is -0.150. The number of carbonyl (C=O) groups excluding carboxylic acids is 2. The summed E-state index contributed by atoms with van der Waals surface area (Å²) in [7, 11) is 1.26. The number of thioether (sulfide) groups is 1. The maximum atomic E-state index is 13.4. The van der Waals surface area contributed by atoms with Crippen LogP contribution in [-0.2, 0) is 19.2 Å². The van der Waals surface area contributed by atoms with Crippen LogP contribution in [0.15, 0.2) is 63.5 Å². The highest BCUT2D eigenvalue weighted by molar-refractivity contribution is 8.00. The Labute approximate surface area is 191 Å². The van der Waals surface area contributed by atoms with E-state index in [2.05, 4.69) is 10.5 Å². The molecule has 33 heavy (non-hydrogen) atoms. The van der Waals surface area contributed by atoms with Crippen molar-refractivity contribution in [3.8, 4) is 5.75 Å². The molecule has 1 aromatic carbocycles. The van der Waals surface area contributed by atoms with E-state index in [0.717, 1.165) is 4.90 Å². The van der Waals surface area contributed by atoms with E-state index in [1.54, 1.807) is 12.1 Å². The standard InChI is InChI=1S/C21H18FN3O7S/c1-30-24-15(14-6-3-7-31-14)18(26)23-16-19(27)25-17(21(28)29)11(10-33-20(16)25)9-32-13-5-2-4-12(22)8-13/h2-8,16,20H,9-10H2,1H3,(H,23,26)(H,28,29)/b24-15-/t16?,20-/m1/s1. The van der Waals surface area contributed by atoms with Crippen LogP contribution in [0.2, 0.25) is 0 Å². The fraction of sp³-hybridized carbons (Fsp3) is 0.238. The highest BCUT2D eigenvalue weighted by atomic mass is 32.2. The second-order valence-electron chi connectivity index (χ2n) is 6.96. The number of nitrogens with zero attached hydrogens (tertiary/aromatic N) is 2. The summed E-state index contributed by atoms with van der Waals surface area (Å²) in [6, 6.07) is 7.58. The summed E-state index contributed by atoms with van der Waals surface area (Å²) >= 11 is 1.28. The monoisotopic (exact) mass is 475 g/mol. The van der Waals surface area contributed by atoms with Gasteiger partial charge in [0.05, 0.1) is 6.26 Å². The van der Waals surface area contributed by atoms with E-state index >= 15 is 0 Å². The number of carboxylic acids is 1. The predicted octanol–water partition coefficient (Wildman–Crippen LogP) is 1.59. The van der Waals surface area contributed by atoms with Crippen molar-refractivity contribution in [1.82, 2.24) is 10.2 Å². The molecule has 0 radical (unpaired) electrons. The Morgan fingerprint density at radius 3 is 2.85 bits per heavy atom. The molecule has 2 aromatic rings. The summed E-state index contributed by atoms with van der Waals surface area (Å²) in [5.74, 6) is -2.44. The fourth-order valence-corrected chi connectivity index (χ4v) is 4.76. The molecule has 0 saturated carbocycles. The summed E-state index contributed by atoms with van der Waals surface area (Å²) in [4.78, 5) is 43.2. The predicted molar refractivity (Wildman–Crippen MR) is 114 cm³/mol. The molecule has 2 amide bonds. The smallest absolute Gasteiger partial charge is 0.352 e. The van der Waals surface area contributed by atoms with E-state index in [4.69, 9.17) is 14.0 Å². The zero-order chi connectivity index (χ0) is 23.5. The average molecular weight is 475 g/mol. The van der Waals surface area contributed by atoms with Gasteiger partial charge in [-0.15, -0.1) is 11.8 Å². The highest BCUT2D eigenvalue weighted by Crippen LogP contribution is 2.40. The molecular formula is C21H18FN3O7S. The number of aliphatic carboxylic acids is 1. The first kappa shape index (κ1) is 22.4. The number of hydrogen-bond acceptors (Lipinski definition) is 8. The molecule has 2 aliphatic heterocycles. The second kappa shape index (κ2) is 9.36. The van der Waals surface area contributed by atoms with Crippen LogP contribution in [0.5, 0.6) is 5.75 Å². The third-order valence-electron chi connectivity index (χ3n) is 4.90. The third-order valence-corrected chi connectivity index (χ3v) is 6.24. The first-order valence-electron chi connectivity index (χ1n) is 9.65. The van der Waals surface area contributed by atoms with Crippen LogP contribution in [0.25, 0.3) is 0 Å². The Balaban J connectivity index is 1.49. The van der Waals surface area contributed by atoms with Crippen molar-refractivity contribution in [3.63, 3.8) is 0 Å². The number of carbonyl (C=O) groups is 3. The van der Waals surface area contributed by atoms with Gasteiger partial charge in [-0.2, -0.15) is 0 Å². The van der Waals surface area contributed by atoms with Gasteiger partial charge in [0, 0.05) is 17.4 Å². The molecule has 1 saturated heterocycles. The molecule has 0 bridgehead atoms. The molecule has 1 aromatic heterocycles. The van der Waals surface area contributed by atoms with E-state index in [1.807, 2.05) is 0 Å². The zero-order valence-corrected chi connectivity index (χ0v) is 18.0. The van der Waals surface area contributed by atoms with Crippen LogP contribution in [-0.4, -0.2) is 64.4 Å². The molecule has 0 spiro atoms. The molecular weight excluding hydrogens is 457 g/mol. The fourth-order valence-electron chi connectivity index (χ4n) is 3.43. The summed E-state index contributed by atoms with van der Waals surface area (Å²) in [6.45, 7) is -0.130. The number of β-lactam (4-membered cyclic amide) rings is 1. The van der Waals surface area contributed by atoms with E-state index < -0.39 is 35.0 Å². The number of ether oxygens (including phenoxy) is 1. The number of nitrogens with one attached hydrogen (secondary N) is 1. The van der Waals surface area contributed by atoms with Crippen molar-refractivity contribution in [2.75, 3.05) is 19.5 Å². The van der Waals surface area contributed by atoms with E-state index in [1.165, 1.54) is 49.4 Å². The Bertz CT molecular complexity index is 1150. The van der Waals surface area contributed by atoms with Crippen LogP contribution in [0.1, 0.15) is 5.76 Å².